The molecule has 0 spiro atoms. The smallest absolute Gasteiger partial charge is 0.157 e. The first-order valence-electron chi connectivity index (χ1n) is 6.11. The van der Waals surface area contributed by atoms with Crippen LogP contribution in [0.25, 0.3) is 0 Å². The van der Waals surface area contributed by atoms with Crippen molar-refractivity contribution in [2.24, 2.45) is 0 Å². The first kappa shape index (κ1) is 12.4. The average Bonchev–Trinajstić information content (AvgIpc) is 2.47. The van der Waals surface area contributed by atoms with E-state index in [2.05, 4.69) is 21.2 Å². The first-order valence-corrected chi connectivity index (χ1v) is 6.91. The Morgan fingerprint density at radius 3 is 2.89 bits per heavy atom. The summed E-state index contributed by atoms with van der Waals surface area (Å²) in [6.07, 6.45) is -0.0534. The molecule has 3 nitrogen and oxygen atoms in total. The van der Waals surface area contributed by atoms with Crippen LogP contribution >= 0.6 is 15.9 Å². The average molecular weight is 320 g/mol. The molecule has 1 unspecified atom stereocenters. The quantitative estimate of drug-likeness (QED) is 0.907. The molecule has 0 aromatic heterocycles. The van der Waals surface area contributed by atoms with Gasteiger partial charge in [0.25, 0.3) is 0 Å². The molecule has 0 saturated heterocycles. The van der Waals surface area contributed by atoms with Gasteiger partial charge in [-0.2, -0.15) is 0 Å². The van der Waals surface area contributed by atoms with E-state index < -0.39 is 0 Å². The van der Waals surface area contributed by atoms with Crippen LogP contribution in [0.5, 0.6) is 11.5 Å². The molecule has 0 aliphatic carbocycles. The Kier molecular flexibility index (Phi) is 3.34. The molecule has 1 atom stereocenters. The summed E-state index contributed by atoms with van der Waals surface area (Å²) in [6.45, 7) is 0.726. The van der Waals surface area contributed by atoms with Gasteiger partial charge in [-0.05, 0) is 34.1 Å². The highest BCUT2D eigenvalue weighted by Crippen LogP contribution is 2.41. The second-order valence-corrected chi connectivity index (χ2v) is 5.20. The molecule has 4 heteroatoms. The number of anilines is 1. The van der Waals surface area contributed by atoms with Crippen molar-refractivity contribution in [3.63, 3.8) is 0 Å². The van der Waals surface area contributed by atoms with E-state index in [-0.39, 0.29) is 6.10 Å². The maximum atomic E-state index is 6.10. The summed E-state index contributed by atoms with van der Waals surface area (Å²) in [5, 5.41) is 3.39. The third-order valence-electron chi connectivity index (χ3n) is 3.19. The van der Waals surface area contributed by atoms with Gasteiger partial charge in [-0.1, -0.05) is 24.3 Å². The SMILES string of the molecule is COc1ccccc1C1CNc2cccc(Br)c2O1. The fourth-order valence-corrected chi connectivity index (χ4v) is 2.72. The summed E-state index contributed by atoms with van der Waals surface area (Å²) in [5.41, 5.74) is 2.07. The number of benzene rings is 2. The lowest BCUT2D eigenvalue weighted by atomic mass is 10.1. The Morgan fingerprint density at radius 1 is 1.21 bits per heavy atom. The normalized spacial score (nSPS) is 17.1. The number of nitrogens with one attached hydrogen (secondary N) is 1. The van der Waals surface area contributed by atoms with Gasteiger partial charge in [-0.15, -0.1) is 0 Å². The van der Waals surface area contributed by atoms with Gasteiger partial charge in [0, 0.05) is 5.56 Å². The number of rotatable bonds is 2. The van der Waals surface area contributed by atoms with Crippen molar-refractivity contribution >= 4 is 21.6 Å². The van der Waals surface area contributed by atoms with E-state index in [0.29, 0.717) is 0 Å². The van der Waals surface area contributed by atoms with Crippen LogP contribution in [-0.4, -0.2) is 13.7 Å². The van der Waals surface area contributed by atoms with Gasteiger partial charge in [0.15, 0.2) is 5.75 Å². The van der Waals surface area contributed by atoms with E-state index in [4.69, 9.17) is 9.47 Å². The van der Waals surface area contributed by atoms with Gasteiger partial charge in [0.1, 0.15) is 11.9 Å². The third-order valence-corrected chi connectivity index (χ3v) is 3.82. The highest BCUT2D eigenvalue weighted by molar-refractivity contribution is 9.10. The van der Waals surface area contributed by atoms with Gasteiger partial charge < -0.3 is 14.8 Å². The summed E-state index contributed by atoms with van der Waals surface area (Å²) in [4.78, 5) is 0. The Hall–Kier alpha value is -1.68. The Bertz CT molecular complexity index is 600. The zero-order valence-electron chi connectivity index (χ0n) is 10.5. The van der Waals surface area contributed by atoms with Crippen molar-refractivity contribution in [2.75, 3.05) is 19.0 Å². The van der Waals surface area contributed by atoms with Gasteiger partial charge in [0.2, 0.25) is 0 Å². The number of hydrogen-bond acceptors (Lipinski definition) is 3. The largest absolute Gasteiger partial charge is 0.496 e. The zero-order chi connectivity index (χ0) is 13.2. The standard InChI is InChI=1S/C15H14BrNO2/c1-18-13-8-3-2-5-10(13)14-9-17-12-7-4-6-11(16)15(12)19-14/h2-8,14,17H,9H2,1H3. The lowest BCUT2D eigenvalue weighted by Gasteiger charge is -2.29. The molecule has 19 heavy (non-hydrogen) atoms. The van der Waals surface area contributed by atoms with Crippen LogP contribution in [0.2, 0.25) is 0 Å². The second-order valence-electron chi connectivity index (χ2n) is 4.35. The maximum absolute atomic E-state index is 6.10. The molecule has 0 fully saturated rings. The summed E-state index contributed by atoms with van der Waals surface area (Å²) in [7, 11) is 1.68. The minimum atomic E-state index is -0.0534. The topological polar surface area (TPSA) is 30.5 Å². The summed E-state index contributed by atoms with van der Waals surface area (Å²) < 4.78 is 12.5. The number of halogens is 1. The number of ether oxygens (including phenoxy) is 2. The van der Waals surface area contributed by atoms with Crippen LogP contribution in [0, 0.1) is 0 Å². The molecule has 0 radical (unpaired) electrons. The lowest BCUT2D eigenvalue weighted by Crippen LogP contribution is -2.24. The molecule has 2 aromatic carbocycles. The predicted molar refractivity (Wildman–Crippen MR) is 79.0 cm³/mol. The second kappa shape index (κ2) is 5.13. The van der Waals surface area contributed by atoms with E-state index >= 15 is 0 Å². The predicted octanol–water partition coefficient (Wildman–Crippen LogP) is 4.00. The van der Waals surface area contributed by atoms with E-state index in [1.807, 2.05) is 42.5 Å². The maximum Gasteiger partial charge on any atom is 0.157 e. The van der Waals surface area contributed by atoms with Gasteiger partial charge in [-0.25, -0.2) is 0 Å². The number of fused-ring (bicyclic) bond motifs is 1. The lowest BCUT2D eigenvalue weighted by molar-refractivity contribution is 0.204. The van der Waals surface area contributed by atoms with E-state index in [1.54, 1.807) is 7.11 Å². The van der Waals surface area contributed by atoms with Crippen molar-refractivity contribution in [2.45, 2.75) is 6.10 Å². The fraction of sp³-hybridized carbons (Fsp3) is 0.200. The van der Waals surface area contributed by atoms with E-state index in [0.717, 1.165) is 33.8 Å². The summed E-state index contributed by atoms with van der Waals surface area (Å²) >= 11 is 3.52. The minimum absolute atomic E-state index is 0.0534. The Balaban J connectivity index is 1.95. The molecule has 0 bridgehead atoms. The van der Waals surface area contributed by atoms with Crippen LogP contribution in [0.4, 0.5) is 5.69 Å². The van der Waals surface area contributed by atoms with Crippen LogP contribution in [0.1, 0.15) is 11.7 Å². The van der Waals surface area contributed by atoms with Crippen LogP contribution < -0.4 is 14.8 Å². The highest BCUT2D eigenvalue weighted by Gasteiger charge is 2.24. The van der Waals surface area contributed by atoms with Crippen LogP contribution in [0.15, 0.2) is 46.9 Å². The summed E-state index contributed by atoms with van der Waals surface area (Å²) in [6, 6.07) is 13.9. The van der Waals surface area contributed by atoms with Crippen molar-refractivity contribution in [3.8, 4) is 11.5 Å². The van der Waals surface area contributed by atoms with Crippen LogP contribution in [-0.2, 0) is 0 Å². The van der Waals surface area contributed by atoms with Gasteiger partial charge in [0.05, 0.1) is 23.8 Å². The molecule has 3 rings (SSSR count). The number of methoxy groups -OCH3 is 1. The van der Waals surface area contributed by atoms with Crippen molar-refractivity contribution in [1.29, 1.82) is 0 Å². The fourth-order valence-electron chi connectivity index (χ4n) is 2.26. The van der Waals surface area contributed by atoms with Gasteiger partial charge >= 0.3 is 0 Å². The molecule has 0 saturated carbocycles. The molecule has 1 heterocycles. The molecule has 1 aliphatic rings. The van der Waals surface area contributed by atoms with Crippen molar-refractivity contribution < 1.29 is 9.47 Å². The van der Waals surface area contributed by atoms with Crippen LogP contribution in [0.3, 0.4) is 0 Å². The zero-order valence-corrected chi connectivity index (χ0v) is 12.1. The summed E-state index contributed by atoms with van der Waals surface area (Å²) in [5.74, 6) is 1.70. The van der Waals surface area contributed by atoms with E-state index in [1.165, 1.54) is 0 Å². The van der Waals surface area contributed by atoms with Crippen molar-refractivity contribution in [1.82, 2.24) is 0 Å². The van der Waals surface area contributed by atoms with Crippen molar-refractivity contribution in [3.05, 3.63) is 52.5 Å². The molecule has 98 valence electrons. The minimum Gasteiger partial charge on any atom is -0.496 e. The molecular weight excluding hydrogens is 306 g/mol. The van der Waals surface area contributed by atoms with E-state index in [9.17, 15) is 0 Å². The third kappa shape index (κ3) is 2.28. The first-order chi connectivity index (χ1) is 9.29. The molecular formula is C15H14BrNO2. The highest BCUT2D eigenvalue weighted by atomic mass is 79.9. The Morgan fingerprint density at radius 2 is 2.05 bits per heavy atom. The number of para-hydroxylation sites is 2. The van der Waals surface area contributed by atoms with Gasteiger partial charge in [-0.3, -0.25) is 0 Å². The Labute approximate surface area is 120 Å². The molecule has 1 N–H and O–H groups in total. The molecule has 1 aliphatic heterocycles. The molecule has 0 amide bonds. The molecule has 2 aromatic rings. The monoisotopic (exact) mass is 319 g/mol. The number of hydrogen-bond donors (Lipinski definition) is 1.